The van der Waals surface area contributed by atoms with Crippen LogP contribution in [-0.4, -0.2) is 21.9 Å². The molecule has 0 aliphatic rings. The van der Waals surface area contributed by atoms with Gasteiger partial charge in [-0.1, -0.05) is 30.0 Å². The third-order valence-electron chi connectivity index (χ3n) is 3.15. The highest BCUT2D eigenvalue weighted by Crippen LogP contribution is 2.15. The van der Waals surface area contributed by atoms with Gasteiger partial charge in [0.05, 0.1) is 6.42 Å². The van der Waals surface area contributed by atoms with Crippen molar-refractivity contribution in [3.05, 3.63) is 65.7 Å². The second-order valence-electron chi connectivity index (χ2n) is 6.53. The normalized spacial score (nSPS) is 12.0. The fourth-order valence-electron chi connectivity index (χ4n) is 2.04. The molecule has 0 N–H and O–H groups in total. The lowest BCUT2D eigenvalue weighted by molar-refractivity contribution is -0.154. The Hall–Kier alpha value is -2.22. The number of carbonyl (C=O) groups is 1. The third-order valence-corrected chi connectivity index (χ3v) is 4.53. The smallest absolute Gasteiger partial charge is 0.311 e. The van der Waals surface area contributed by atoms with E-state index in [0.717, 1.165) is 11.1 Å². The Morgan fingerprint density at radius 1 is 1.00 bits per heavy atom. The molecule has 0 aliphatic carbocycles. The predicted octanol–water partition coefficient (Wildman–Crippen LogP) is 3.93. The molecule has 0 radical (unpaired) electrons. The van der Waals surface area contributed by atoms with E-state index in [4.69, 9.17) is 4.74 Å². The maximum Gasteiger partial charge on any atom is 0.311 e. The van der Waals surface area contributed by atoms with Crippen LogP contribution in [0.5, 0.6) is 0 Å². The van der Waals surface area contributed by atoms with E-state index in [1.807, 2.05) is 63.2 Å². The number of ether oxygens (including phenoxy) is 1. The highest BCUT2D eigenvalue weighted by atomic mass is 32.2. The largest absolute Gasteiger partial charge is 0.611 e. The average Bonchev–Trinajstić information content (AvgIpc) is 2.58. The van der Waals surface area contributed by atoms with Crippen LogP contribution in [0.25, 0.3) is 0 Å². The van der Waals surface area contributed by atoms with Gasteiger partial charge in [-0.15, -0.1) is 0 Å². The number of rotatable bonds is 4. The molecule has 0 aliphatic heterocycles. The van der Waals surface area contributed by atoms with Crippen LogP contribution in [0.4, 0.5) is 0 Å². The van der Waals surface area contributed by atoms with E-state index in [0.29, 0.717) is 4.90 Å². The maximum absolute atomic E-state index is 12.3. The van der Waals surface area contributed by atoms with Crippen molar-refractivity contribution in [2.24, 2.45) is 0 Å². The Morgan fingerprint density at radius 2 is 1.56 bits per heavy atom. The second-order valence-corrected chi connectivity index (χ2v) is 8.10. The van der Waals surface area contributed by atoms with Gasteiger partial charge in [-0.2, -0.15) is 0 Å². The topological polar surface area (TPSA) is 49.4 Å². The summed E-state index contributed by atoms with van der Waals surface area (Å²) in [7, 11) is 0. The molecule has 0 saturated heterocycles. The molecule has 1 unspecified atom stereocenters. The van der Waals surface area contributed by atoms with Crippen molar-refractivity contribution < 1.29 is 14.1 Å². The minimum atomic E-state index is -1.23. The molecule has 1 atom stereocenters. The van der Waals surface area contributed by atoms with E-state index < -0.39 is 16.8 Å². The minimum Gasteiger partial charge on any atom is -0.611 e. The standard InChI is InChI=1S/C21H22O3S/c1-21(2,3)24-20(22)15-16-25(23)19-13-11-18(12-14-19)10-9-17-7-5-4-6-8-17/h4-8,11-14H,15-16H2,1-3H3. The van der Waals surface area contributed by atoms with Gasteiger partial charge >= 0.3 is 5.97 Å². The van der Waals surface area contributed by atoms with Crippen molar-refractivity contribution in [3.8, 4) is 11.8 Å². The molecule has 0 amide bonds. The molecule has 2 aromatic rings. The fourth-order valence-corrected chi connectivity index (χ4v) is 3.07. The first kappa shape index (κ1) is 19.1. The lowest BCUT2D eigenvalue weighted by atomic mass is 10.2. The van der Waals surface area contributed by atoms with Gasteiger partial charge in [0, 0.05) is 11.1 Å². The Kier molecular flexibility index (Phi) is 6.69. The molecular formula is C21H22O3S. The molecule has 4 heteroatoms. The number of benzene rings is 2. The molecule has 2 rings (SSSR count). The summed E-state index contributed by atoms with van der Waals surface area (Å²) in [4.78, 5) is 12.4. The minimum absolute atomic E-state index is 0.138. The van der Waals surface area contributed by atoms with Crippen molar-refractivity contribution in [1.82, 2.24) is 0 Å². The summed E-state index contributed by atoms with van der Waals surface area (Å²) < 4.78 is 17.5. The molecule has 130 valence electrons. The van der Waals surface area contributed by atoms with Crippen molar-refractivity contribution >= 4 is 17.1 Å². The Labute approximate surface area is 152 Å². The number of esters is 1. The summed E-state index contributed by atoms with van der Waals surface area (Å²) in [6, 6.07) is 17.0. The molecule has 0 heterocycles. The second kappa shape index (κ2) is 8.75. The number of hydrogen-bond donors (Lipinski definition) is 0. The maximum atomic E-state index is 12.3. The Morgan fingerprint density at radius 3 is 2.12 bits per heavy atom. The van der Waals surface area contributed by atoms with E-state index in [1.54, 1.807) is 12.1 Å². The zero-order valence-corrected chi connectivity index (χ0v) is 15.6. The molecule has 0 bridgehead atoms. The lowest BCUT2D eigenvalue weighted by Gasteiger charge is -2.19. The SMILES string of the molecule is CC(C)(C)OC(=O)CC[S+]([O-])c1ccc(C#Cc2ccccc2)cc1. The molecule has 3 nitrogen and oxygen atoms in total. The van der Waals surface area contributed by atoms with E-state index in [-0.39, 0.29) is 18.1 Å². The number of hydrogen-bond acceptors (Lipinski definition) is 3. The van der Waals surface area contributed by atoms with Crippen molar-refractivity contribution in [2.45, 2.75) is 37.7 Å². The van der Waals surface area contributed by atoms with Crippen LogP contribution in [0.3, 0.4) is 0 Å². The van der Waals surface area contributed by atoms with Crippen LogP contribution in [0.1, 0.15) is 38.3 Å². The van der Waals surface area contributed by atoms with Gasteiger partial charge in [0.25, 0.3) is 0 Å². The zero-order valence-electron chi connectivity index (χ0n) is 14.7. The van der Waals surface area contributed by atoms with Crippen molar-refractivity contribution in [3.63, 3.8) is 0 Å². The molecule has 0 spiro atoms. The van der Waals surface area contributed by atoms with E-state index >= 15 is 0 Å². The van der Waals surface area contributed by atoms with Gasteiger partial charge < -0.3 is 9.29 Å². The zero-order chi connectivity index (χ0) is 18.3. The molecule has 0 aromatic heterocycles. The van der Waals surface area contributed by atoms with Gasteiger partial charge in [-0.3, -0.25) is 4.79 Å². The van der Waals surface area contributed by atoms with Gasteiger partial charge in [-0.25, -0.2) is 0 Å². The van der Waals surface area contributed by atoms with Gasteiger partial charge in [0.1, 0.15) is 11.4 Å². The fraction of sp³-hybridized carbons (Fsp3) is 0.286. The summed E-state index contributed by atoms with van der Waals surface area (Å²) in [6.45, 7) is 5.45. The first-order chi connectivity index (χ1) is 11.8. The average molecular weight is 354 g/mol. The summed E-state index contributed by atoms with van der Waals surface area (Å²) in [5.74, 6) is 6.09. The van der Waals surface area contributed by atoms with Crippen LogP contribution >= 0.6 is 0 Å². The van der Waals surface area contributed by atoms with E-state index in [9.17, 15) is 9.35 Å². The van der Waals surface area contributed by atoms with Crippen LogP contribution in [0, 0.1) is 11.8 Å². The lowest BCUT2D eigenvalue weighted by Crippen LogP contribution is -2.25. The summed E-state index contributed by atoms with van der Waals surface area (Å²) in [5.41, 5.74) is 1.29. The van der Waals surface area contributed by atoms with Crippen LogP contribution in [-0.2, 0) is 20.7 Å². The molecule has 2 aromatic carbocycles. The Balaban J connectivity index is 1.91. The van der Waals surface area contributed by atoms with E-state index in [2.05, 4.69) is 11.8 Å². The summed E-state index contributed by atoms with van der Waals surface area (Å²) >= 11 is -1.23. The van der Waals surface area contributed by atoms with Crippen molar-refractivity contribution in [2.75, 3.05) is 5.75 Å². The first-order valence-corrected chi connectivity index (χ1v) is 9.43. The first-order valence-electron chi connectivity index (χ1n) is 8.11. The van der Waals surface area contributed by atoms with Crippen LogP contribution < -0.4 is 0 Å². The highest BCUT2D eigenvalue weighted by Gasteiger charge is 2.19. The van der Waals surface area contributed by atoms with Gasteiger partial charge in [-0.05, 0) is 68.3 Å². The monoisotopic (exact) mass is 354 g/mol. The van der Waals surface area contributed by atoms with E-state index in [1.165, 1.54) is 0 Å². The highest BCUT2D eigenvalue weighted by molar-refractivity contribution is 7.91. The van der Waals surface area contributed by atoms with Crippen LogP contribution in [0.15, 0.2) is 59.5 Å². The van der Waals surface area contributed by atoms with Crippen LogP contribution in [0.2, 0.25) is 0 Å². The molecule has 0 fully saturated rings. The van der Waals surface area contributed by atoms with Gasteiger partial charge in [0.15, 0.2) is 4.90 Å². The third kappa shape index (κ3) is 7.04. The van der Waals surface area contributed by atoms with Gasteiger partial charge in [0.2, 0.25) is 0 Å². The van der Waals surface area contributed by atoms with Crippen molar-refractivity contribution in [1.29, 1.82) is 0 Å². The number of carbonyl (C=O) groups excluding carboxylic acids is 1. The Bertz CT molecular complexity index is 750. The quantitative estimate of drug-likeness (QED) is 0.475. The summed E-state index contributed by atoms with van der Waals surface area (Å²) in [6.07, 6.45) is 0.138. The summed E-state index contributed by atoms with van der Waals surface area (Å²) in [5, 5.41) is 0. The predicted molar refractivity (Wildman–Crippen MR) is 101 cm³/mol. The molecule has 0 saturated carbocycles. The molecule has 25 heavy (non-hydrogen) atoms. The molecular weight excluding hydrogens is 332 g/mol.